The van der Waals surface area contributed by atoms with E-state index >= 15 is 0 Å². The number of benzene rings is 1. The van der Waals surface area contributed by atoms with E-state index in [-0.39, 0.29) is 36.7 Å². The molecule has 1 unspecified atom stereocenters. The first-order chi connectivity index (χ1) is 12.0. The molecule has 0 radical (unpaired) electrons. The monoisotopic (exact) mass is 360 g/mol. The normalized spacial score (nSPS) is 20.1. The van der Waals surface area contributed by atoms with Crippen LogP contribution in [0.1, 0.15) is 56.5 Å². The molecule has 2 amide bonds. The quantitative estimate of drug-likeness (QED) is 0.844. The SMILES string of the molecule is CC1(C(=O)O)CCN(C(=O)CCNC(=O)c2ccc(C(C)(C)C)cc2)C1. The first kappa shape index (κ1) is 19.9. The van der Waals surface area contributed by atoms with Crippen molar-refractivity contribution in [2.75, 3.05) is 19.6 Å². The molecule has 0 saturated carbocycles. The van der Waals surface area contributed by atoms with Crippen molar-refractivity contribution >= 4 is 17.8 Å². The van der Waals surface area contributed by atoms with Crippen molar-refractivity contribution in [3.63, 3.8) is 0 Å². The number of carboxylic acid groups (broad SMARTS) is 1. The maximum atomic E-state index is 12.2. The van der Waals surface area contributed by atoms with Crippen molar-refractivity contribution in [1.82, 2.24) is 10.2 Å². The molecular formula is C20H28N2O4. The average Bonchev–Trinajstić information content (AvgIpc) is 2.98. The summed E-state index contributed by atoms with van der Waals surface area (Å²) in [5, 5.41) is 12.0. The van der Waals surface area contributed by atoms with Crippen LogP contribution in [0.3, 0.4) is 0 Å². The van der Waals surface area contributed by atoms with Gasteiger partial charge < -0.3 is 15.3 Å². The van der Waals surface area contributed by atoms with Crippen molar-refractivity contribution < 1.29 is 19.5 Å². The van der Waals surface area contributed by atoms with Crippen molar-refractivity contribution in [2.24, 2.45) is 5.41 Å². The van der Waals surface area contributed by atoms with Crippen LogP contribution in [0.25, 0.3) is 0 Å². The predicted octanol–water partition coefficient (Wildman–Crippen LogP) is 2.43. The summed E-state index contributed by atoms with van der Waals surface area (Å²) in [5.41, 5.74) is 0.875. The minimum Gasteiger partial charge on any atom is -0.481 e. The number of amides is 2. The fraction of sp³-hybridized carbons (Fsp3) is 0.550. The number of carbonyl (C=O) groups excluding carboxylic acids is 2. The summed E-state index contributed by atoms with van der Waals surface area (Å²) in [7, 11) is 0. The van der Waals surface area contributed by atoms with Gasteiger partial charge in [0.15, 0.2) is 0 Å². The Bertz CT molecular complexity index is 691. The minimum atomic E-state index is -0.875. The van der Waals surface area contributed by atoms with E-state index in [1.807, 2.05) is 12.1 Å². The highest BCUT2D eigenvalue weighted by Crippen LogP contribution is 2.30. The average molecular weight is 360 g/mol. The first-order valence-corrected chi connectivity index (χ1v) is 8.93. The van der Waals surface area contributed by atoms with Gasteiger partial charge in [0.25, 0.3) is 5.91 Å². The second-order valence-electron chi connectivity index (χ2n) is 8.26. The Morgan fingerprint density at radius 3 is 2.31 bits per heavy atom. The van der Waals surface area contributed by atoms with E-state index in [1.54, 1.807) is 24.0 Å². The van der Waals surface area contributed by atoms with Crippen LogP contribution in [-0.2, 0) is 15.0 Å². The molecule has 6 nitrogen and oxygen atoms in total. The van der Waals surface area contributed by atoms with Crippen LogP contribution in [0.15, 0.2) is 24.3 Å². The van der Waals surface area contributed by atoms with Gasteiger partial charge in [-0.15, -0.1) is 0 Å². The van der Waals surface area contributed by atoms with Crippen molar-refractivity contribution in [2.45, 2.75) is 46.0 Å². The van der Waals surface area contributed by atoms with Gasteiger partial charge in [-0.3, -0.25) is 14.4 Å². The predicted molar refractivity (Wildman–Crippen MR) is 99.0 cm³/mol. The first-order valence-electron chi connectivity index (χ1n) is 8.93. The molecule has 0 spiro atoms. The van der Waals surface area contributed by atoms with Crippen molar-refractivity contribution in [1.29, 1.82) is 0 Å². The number of hydrogen-bond donors (Lipinski definition) is 2. The van der Waals surface area contributed by atoms with Crippen LogP contribution in [0.4, 0.5) is 0 Å². The van der Waals surface area contributed by atoms with Gasteiger partial charge in [0, 0.05) is 31.6 Å². The maximum Gasteiger partial charge on any atom is 0.311 e. The Balaban J connectivity index is 1.81. The molecule has 2 N–H and O–H groups in total. The molecule has 1 atom stereocenters. The lowest BCUT2D eigenvalue weighted by Crippen LogP contribution is -2.36. The van der Waals surface area contributed by atoms with E-state index in [2.05, 4.69) is 26.1 Å². The molecule has 1 aliphatic heterocycles. The summed E-state index contributed by atoms with van der Waals surface area (Å²) in [6, 6.07) is 7.46. The van der Waals surface area contributed by atoms with E-state index < -0.39 is 11.4 Å². The molecule has 1 heterocycles. The zero-order valence-corrected chi connectivity index (χ0v) is 16.0. The Morgan fingerprint density at radius 1 is 1.19 bits per heavy atom. The zero-order valence-electron chi connectivity index (χ0n) is 16.0. The number of carbonyl (C=O) groups is 3. The highest BCUT2D eigenvalue weighted by atomic mass is 16.4. The Hall–Kier alpha value is -2.37. The molecule has 0 aliphatic carbocycles. The fourth-order valence-corrected chi connectivity index (χ4v) is 3.01. The van der Waals surface area contributed by atoms with Gasteiger partial charge in [0.1, 0.15) is 0 Å². The number of carboxylic acids is 1. The molecule has 2 rings (SSSR count). The van der Waals surface area contributed by atoms with E-state index in [4.69, 9.17) is 0 Å². The van der Waals surface area contributed by atoms with Gasteiger partial charge >= 0.3 is 5.97 Å². The largest absolute Gasteiger partial charge is 0.481 e. The van der Waals surface area contributed by atoms with E-state index in [0.717, 1.165) is 5.56 Å². The summed E-state index contributed by atoms with van der Waals surface area (Å²) in [6.45, 7) is 8.90. The van der Waals surface area contributed by atoms with Crippen LogP contribution in [0, 0.1) is 5.41 Å². The van der Waals surface area contributed by atoms with Crippen LogP contribution < -0.4 is 5.32 Å². The highest BCUT2D eigenvalue weighted by molar-refractivity contribution is 5.94. The summed E-state index contributed by atoms with van der Waals surface area (Å²) >= 11 is 0. The molecule has 1 aromatic carbocycles. The number of rotatable bonds is 5. The van der Waals surface area contributed by atoms with Gasteiger partial charge in [0.2, 0.25) is 5.91 Å². The second kappa shape index (κ2) is 7.48. The standard InChI is InChI=1S/C20H28N2O4/c1-19(2,3)15-7-5-14(6-8-15)17(24)21-11-9-16(23)22-12-10-20(4,13-22)18(25)26/h5-8H,9-13H2,1-4H3,(H,21,24)(H,25,26). The third-order valence-corrected chi connectivity index (χ3v) is 4.98. The zero-order chi connectivity index (χ0) is 19.5. The summed E-state index contributed by atoms with van der Waals surface area (Å²) in [6.07, 6.45) is 0.627. The third-order valence-electron chi connectivity index (χ3n) is 4.98. The number of likely N-dealkylation sites (tertiary alicyclic amines) is 1. The van der Waals surface area contributed by atoms with Gasteiger partial charge in [-0.05, 0) is 36.5 Å². The lowest BCUT2D eigenvalue weighted by atomic mass is 9.87. The number of aliphatic carboxylic acids is 1. The van der Waals surface area contributed by atoms with Gasteiger partial charge in [-0.25, -0.2) is 0 Å². The Labute approximate surface area is 154 Å². The van der Waals surface area contributed by atoms with Gasteiger partial charge in [0.05, 0.1) is 5.41 Å². The van der Waals surface area contributed by atoms with Crippen LogP contribution in [0.2, 0.25) is 0 Å². The van der Waals surface area contributed by atoms with Crippen LogP contribution >= 0.6 is 0 Å². The molecular weight excluding hydrogens is 332 g/mol. The van der Waals surface area contributed by atoms with E-state index in [9.17, 15) is 19.5 Å². The van der Waals surface area contributed by atoms with Crippen molar-refractivity contribution in [3.05, 3.63) is 35.4 Å². The lowest BCUT2D eigenvalue weighted by Gasteiger charge is -2.20. The van der Waals surface area contributed by atoms with Gasteiger partial charge in [-0.1, -0.05) is 32.9 Å². The van der Waals surface area contributed by atoms with E-state index in [0.29, 0.717) is 18.5 Å². The molecule has 0 bridgehead atoms. The van der Waals surface area contributed by atoms with E-state index in [1.165, 1.54) is 0 Å². The smallest absolute Gasteiger partial charge is 0.311 e. The third kappa shape index (κ3) is 4.62. The molecule has 26 heavy (non-hydrogen) atoms. The molecule has 142 valence electrons. The second-order valence-corrected chi connectivity index (χ2v) is 8.26. The summed E-state index contributed by atoms with van der Waals surface area (Å²) in [5.74, 6) is -1.21. The minimum absolute atomic E-state index is 0.0294. The highest BCUT2D eigenvalue weighted by Gasteiger charge is 2.41. The summed E-state index contributed by atoms with van der Waals surface area (Å²) in [4.78, 5) is 37.2. The molecule has 1 aromatic rings. The molecule has 1 fully saturated rings. The summed E-state index contributed by atoms with van der Waals surface area (Å²) < 4.78 is 0. The molecule has 0 aromatic heterocycles. The van der Waals surface area contributed by atoms with Crippen molar-refractivity contribution in [3.8, 4) is 0 Å². The number of nitrogens with zero attached hydrogens (tertiary/aromatic N) is 1. The molecule has 1 aliphatic rings. The Morgan fingerprint density at radius 2 is 1.81 bits per heavy atom. The molecule has 6 heteroatoms. The molecule has 1 saturated heterocycles. The van der Waals surface area contributed by atoms with Gasteiger partial charge in [-0.2, -0.15) is 0 Å². The Kier molecular flexibility index (Phi) is 5.74. The van der Waals surface area contributed by atoms with Crippen LogP contribution in [0.5, 0.6) is 0 Å². The lowest BCUT2D eigenvalue weighted by molar-refractivity contribution is -0.147. The topological polar surface area (TPSA) is 86.7 Å². The van der Waals surface area contributed by atoms with Crippen LogP contribution in [-0.4, -0.2) is 47.4 Å². The number of nitrogens with one attached hydrogen (secondary N) is 1. The maximum absolute atomic E-state index is 12.2. The number of hydrogen-bond acceptors (Lipinski definition) is 3. The fourth-order valence-electron chi connectivity index (χ4n) is 3.01.